The van der Waals surface area contributed by atoms with Crippen molar-refractivity contribution in [3.63, 3.8) is 0 Å². The molecule has 2 nitrogen and oxygen atoms in total. The van der Waals surface area contributed by atoms with E-state index in [0.29, 0.717) is 12.0 Å². The molecule has 0 heterocycles. The summed E-state index contributed by atoms with van der Waals surface area (Å²) in [6, 6.07) is 6.44. The highest BCUT2D eigenvalue weighted by atomic mass is 19.1. The first-order valence-corrected chi connectivity index (χ1v) is 4.83. The average molecular weight is 197 g/mol. The number of hydrogen-bond acceptors (Lipinski definition) is 2. The van der Waals surface area contributed by atoms with Gasteiger partial charge in [-0.25, -0.2) is 4.39 Å². The Kier molecular flexibility index (Phi) is 4.04. The van der Waals surface area contributed by atoms with Crippen LogP contribution in [0.2, 0.25) is 0 Å². The molecule has 0 aliphatic rings. The Morgan fingerprint density at radius 3 is 2.57 bits per heavy atom. The van der Waals surface area contributed by atoms with Gasteiger partial charge in [-0.05, 0) is 18.1 Å². The van der Waals surface area contributed by atoms with Crippen molar-refractivity contribution in [3.8, 4) is 0 Å². The minimum atomic E-state index is -0.572. The second-order valence-electron chi connectivity index (χ2n) is 3.34. The van der Waals surface area contributed by atoms with Crippen molar-refractivity contribution in [1.29, 1.82) is 0 Å². The number of benzene rings is 1. The smallest absolute Gasteiger partial charge is 0.126 e. The summed E-state index contributed by atoms with van der Waals surface area (Å²) in [5, 5.41) is 9.65. The van der Waals surface area contributed by atoms with Crippen molar-refractivity contribution in [2.45, 2.75) is 25.4 Å². The fourth-order valence-electron chi connectivity index (χ4n) is 1.55. The molecule has 2 atom stereocenters. The molecule has 1 rings (SSSR count). The minimum Gasteiger partial charge on any atom is -0.392 e. The van der Waals surface area contributed by atoms with Crippen molar-refractivity contribution < 1.29 is 9.50 Å². The topological polar surface area (TPSA) is 46.2 Å². The fraction of sp³-hybridized carbons (Fsp3) is 0.455. The molecule has 0 aromatic heterocycles. The molecule has 0 radical (unpaired) electrons. The summed E-state index contributed by atoms with van der Waals surface area (Å²) in [6.07, 6.45) is 0.00725. The van der Waals surface area contributed by atoms with E-state index < -0.39 is 6.10 Å². The lowest BCUT2D eigenvalue weighted by atomic mass is 9.92. The molecule has 78 valence electrons. The summed E-state index contributed by atoms with van der Waals surface area (Å²) in [6.45, 7) is 2.12. The van der Waals surface area contributed by atoms with Crippen LogP contribution in [0, 0.1) is 5.82 Å². The van der Waals surface area contributed by atoms with Crippen LogP contribution >= 0.6 is 0 Å². The molecule has 1 aromatic carbocycles. The standard InChI is InChI=1S/C11H16FNO/c1-2-11(14)9(7-13)8-5-3-4-6-10(8)12/h3-6,9,11,14H,2,7,13H2,1H3. The van der Waals surface area contributed by atoms with Gasteiger partial charge in [0.2, 0.25) is 0 Å². The van der Waals surface area contributed by atoms with Crippen LogP contribution in [-0.4, -0.2) is 17.8 Å². The van der Waals surface area contributed by atoms with Crippen LogP contribution in [0.5, 0.6) is 0 Å². The van der Waals surface area contributed by atoms with E-state index in [9.17, 15) is 9.50 Å². The second kappa shape index (κ2) is 5.08. The highest BCUT2D eigenvalue weighted by molar-refractivity contribution is 5.23. The van der Waals surface area contributed by atoms with Gasteiger partial charge in [-0.3, -0.25) is 0 Å². The molecular formula is C11H16FNO. The Morgan fingerprint density at radius 1 is 1.43 bits per heavy atom. The van der Waals surface area contributed by atoms with E-state index >= 15 is 0 Å². The van der Waals surface area contributed by atoms with Gasteiger partial charge in [0.25, 0.3) is 0 Å². The predicted molar refractivity (Wildman–Crippen MR) is 54.5 cm³/mol. The van der Waals surface area contributed by atoms with Gasteiger partial charge in [0.1, 0.15) is 5.82 Å². The molecule has 3 N–H and O–H groups in total. The lowest BCUT2D eigenvalue weighted by Crippen LogP contribution is -2.26. The Balaban J connectivity index is 2.94. The van der Waals surface area contributed by atoms with E-state index in [0.717, 1.165) is 0 Å². The molecule has 0 spiro atoms. The molecule has 0 fully saturated rings. The van der Waals surface area contributed by atoms with Gasteiger partial charge in [0.05, 0.1) is 6.10 Å². The van der Waals surface area contributed by atoms with E-state index in [2.05, 4.69) is 0 Å². The highest BCUT2D eigenvalue weighted by Crippen LogP contribution is 2.22. The molecule has 0 saturated carbocycles. The number of halogens is 1. The minimum absolute atomic E-state index is 0.260. The van der Waals surface area contributed by atoms with Crippen LogP contribution in [0.1, 0.15) is 24.8 Å². The first kappa shape index (κ1) is 11.1. The van der Waals surface area contributed by atoms with Crippen molar-refractivity contribution in [3.05, 3.63) is 35.6 Å². The first-order chi connectivity index (χ1) is 6.70. The highest BCUT2D eigenvalue weighted by Gasteiger charge is 2.20. The Morgan fingerprint density at radius 2 is 2.07 bits per heavy atom. The molecule has 0 aliphatic carbocycles. The Bertz CT molecular complexity index is 290. The van der Waals surface area contributed by atoms with Crippen molar-refractivity contribution in [2.24, 2.45) is 5.73 Å². The quantitative estimate of drug-likeness (QED) is 0.770. The summed E-state index contributed by atoms with van der Waals surface area (Å²) in [5.41, 5.74) is 6.03. The number of nitrogens with two attached hydrogens (primary N) is 1. The lowest BCUT2D eigenvalue weighted by Gasteiger charge is -2.20. The van der Waals surface area contributed by atoms with Crippen molar-refractivity contribution >= 4 is 0 Å². The SMILES string of the molecule is CCC(O)C(CN)c1ccccc1F. The summed E-state index contributed by atoms with van der Waals surface area (Å²) in [7, 11) is 0. The van der Waals surface area contributed by atoms with Crippen LogP contribution in [0.4, 0.5) is 4.39 Å². The van der Waals surface area contributed by atoms with Gasteiger partial charge in [-0.1, -0.05) is 25.1 Å². The largest absolute Gasteiger partial charge is 0.392 e. The molecule has 3 heteroatoms. The zero-order chi connectivity index (χ0) is 10.6. The van der Waals surface area contributed by atoms with Crippen LogP contribution in [0.3, 0.4) is 0 Å². The maximum Gasteiger partial charge on any atom is 0.126 e. The first-order valence-electron chi connectivity index (χ1n) is 4.83. The van der Waals surface area contributed by atoms with E-state index in [-0.39, 0.29) is 18.3 Å². The number of rotatable bonds is 4. The van der Waals surface area contributed by atoms with Gasteiger partial charge in [0, 0.05) is 12.5 Å². The summed E-state index contributed by atoms with van der Waals surface area (Å²) in [4.78, 5) is 0. The molecule has 1 aromatic rings. The molecule has 0 saturated heterocycles. The van der Waals surface area contributed by atoms with Gasteiger partial charge in [-0.15, -0.1) is 0 Å². The van der Waals surface area contributed by atoms with Crippen molar-refractivity contribution in [1.82, 2.24) is 0 Å². The molecule has 0 bridgehead atoms. The van der Waals surface area contributed by atoms with Crippen LogP contribution in [-0.2, 0) is 0 Å². The molecule has 0 aliphatic heterocycles. The average Bonchev–Trinajstić information content (AvgIpc) is 2.21. The molecule has 2 unspecified atom stereocenters. The zero-order valence-electron chi connectivity index (χ0n) is 8.28. The fourth-order valence-corrected chi connectivity index (χ4v) is 1.55. The summed E-state index contributed by atoms with van der Waals surface area (Å²) >= 11 is 0. The van der Waals surface area contributed by atoms with Gasteiger partial charge in [0.15, 0.2) is 0 Å². The van der Waals surface area contributed by atoms with Gasteiger partial charge < -0.3 is 10.8 Å². The third kappa shape index (κ3) is 2.30. The molecular weight excluding hydrogens is 181 g/mol. The third-order valence-electron chi connectivity index (χ3n) is 2.44. The summed E-state index contributed by atoms with van der Waals surface area (Å²) in [5.74, 6) is -0.600. The number of aliphatic hydroxyl groups excluding tert-OH is 1. The number of aliphatic hydroxyl groups is 1. The molecule has 14 heavy (non-hydrogen) atoms. The normalized spacial score (nSPS) is 15.1. The predicted octanol–water partition coefficient (Wildman–Crippen LogP) is 1.64. The summed E-state index contributed by atoms with van der Waals surface area (Å²) < 4.78 is 13.4. The maximum absolute atomic E-state index is 13.4. The van der Waals surface area contributed by atoms with E-state index in [4.69, 9.17) is 5.73 Å². The van der Waals surface area contributed by atoms with Crippen LogP contribution in [0.15, 0.2) is 24.3 Å². The zero-order valence-corrected chi connectivity index (χ0v) is 8.28. The second-order valence-corrected chi connectivity index (χ2v) is 3.34. The van der Waals surface area contributed by atoms with Crippen LogP contribution in [0.25, 0.3) is 0 Å². The monoisotopic (exact) mass is 197 g/mol. The Labute approximate surface area is 83.6 Å². The van der Waals surface area contributed by atoms with E-state index in [1.54, 1.807) is 18.2 Å². The molecule has 0 amide bonds. The van der Waals surface area contributed by atoms with E-state index in [1.165, 1.54) is 6.07 Å². The van der Waals surface area contributed by atoms with Crippen molar-refractivity contribution in [2.75, 3.05) is 6.54 Å². The van der Waals surface area contributed by atoms with E-state index in [1.807, 2.05) is 6.92 Å². The van der Waals surface area contributed by atoms with Crippen LogP contribution < -0.4 is 5.73 Å². The Hall–Kier alpha value is -0.930. The third-order valence-corrected chi connectivity index (χ3v) is 2.44. The number of hydrogen-bond donors (Lipinski definition) is 2. The van der Waals surface area contributed by atoms with Gasteiger partial charge in [-0.2, -0.15) is 0 Å². The maximum atomic E-state index is 13.4. The van der Waals surface area contributed by atoms with Gasteiger partial charge >= 0.3 is 0 Å². The lowest BCUT2D eigenvalue weighted by molar-refractivity contribution is 0.139.